The molecule has 2 nitrogen and oxygen atoms in total. The molecule has 2 heteroatoms. The number of rotatable bonds is 25. The molecule has 1 aliphatic heterocycles. The minimum absolute atomic E-state index is 0.644. The Balaban J connectivity index is 2.12. The first kappa shape index (κ1) is 30.4. The summed E-state index contributed by atoms with van der Waals surface area (Å²) in [7, 11) is 0. The minimum Gasteiger partial charge on any atom is -0.356 e. The van der Waals surface area contributed by atoms with Crippen LogP contribution in [-0.4, -0.2) is 29.1 Å². The maximum Gasteiger partial charge on any atom is 0.101 e. The van der Waals surface area contributed by atoms with E-state index in [9.17, 15) is 0 Å². The number of nitrogens with zero attached hydrogens (tertiary/aromatic N) is 2. The van der Waals surface area contributed by atoms with Gasteiger partial charge in [0.15, 0.2) is 0 Å². The van der Waals surface area contributed by atoms with Gasteiger partial charge >= 0.3 is 0 Å². The highest BCUT2D eigenvalue weighted by molar-refractivity contribution is 4.97. The third-order valence-corrected chi connectivity index (χ3v) is 7.57. The van der Waals surface area contributed by atoms with Crippen molar-refractivity contribution in [1.29, 1.82) is 0 Å². The predicted octanol–water partition coefficient (Wildman–Crippen LogP) is 10.4. The molecule has 0 bridgehead atoms. The first-order chi connectivity index (χ1) is 16.3. The number of unbranched alkanes of at least 4 members (excludes halogenated alkanes) is 19. The van der Waals surface area contributed by atoms with Crippen LogP contribution in [0.15, 0.2) is 12.4 Å². The van der Waals surface area contributed by atoms with E-state index in [1.165, 1.54) is 161 Å². The van der Waals surface area contributed by atoms with Crippen molar-refractivity contribution in [3.05, 3.63) is 12.4 Å². The van der Waals surface area contributed by atoms with Crippen molar-refractivity contribution in [2.45, 2.75) is 175 Å². The van der Waals surface area contributed by atoms with Crippen LogP contribution in [-0.2, 0) is 0 Å². The molecule has 0 aromatic rings. The Kier molecular flexibility index (Phi) is 21.3. The van der Waals surface area contributed by atoms with Gasteiger partial charge in [-0.1, -0.05) is 143 Å². The highest BCUT2D eigenvalue weighted by Gasteiger charge is 2.24. The highest BCUT2D eigenvalue weighted by atomic mass is 15.4. The van der Waals surface area contributed by atoms with E-state index in [2.05, 4.69) is 43.0 Å². The maximum absolute atomic E-state index is 2.68. The van der Waals surface area contributed by atoms with Gasteiger partial charge in [-0.2, -0.15) is 0 Å². The molecule has 0 radical (unpaired) electrons. The SMILES string of the molecule is CCCCCCCCCCCCCCCN1C=CN(CCCCCCC)C1CCCCCC. The molecule has 0 aromatic carbocycles. The second-order valence-electron chi connectivity index (χ2n) is 10.8. The molecule has 33 heavy (non-hydrogen) atoms. The molecule has 0 saturated carbocycles. The van der Waals surface area contributed by atoms with E-state index in [0.717, 1.165) is 0 Å². The second-order valence-corrected chi connectivity index (χ2v) is 10.8. The molecule has 1 aliphatic rings. The molecule has 0 fully saturated rings. The fraction of sp³-hybridized carbons (Fsp3) is 0.935. The summed E-state index contributed by atoms with van der Waals surface area (Å²) in [6.07, 6.45) is 38.0. The summed E-state index contributed by atoms with van der Waals surface area (Å²) in [5.74, 6) is 0. The summed E-state index contributed by atoms with van der Waals surface area (Å²) in [6.45, 7) is 9.46. The standard InChI is InChI=1S/C31H62N2/c1-4-7-10-13-14-15-16-17-18-19-20-22-25-28-33-30-29-32(27-24-21-11-8-5-2)31(33)26-23-12-9-6-3/h29-31H,4-28H2,1-3H3. The van der Waals surface area contributed by atoms with E-state index < -0.39 is 0 Å². The quantitative estimate of drug-likeness (QED) is 0.124. The fourth-order valence-electron chi connectivity index (χ4n) is 5.30. The third-order valence-electron chi connectivity index (χ3n) is 7.57. The lowest BCUT2D eigenvalue weighted by Crippen LogP contribution is -2.39. The van der Waals surface area contributed by atoms with Gasteiger partial charge in [0.1, 0.15) is 6.17 Å². The molecular formula is C31H62N2. The zero-order chi connectivity index (χ0) is 23.8. The van der Waals surface area contributed by atoms with E-state index >= 15 is 0 Å². The van der Waals surface area contributed by atoms with Crippen LogP contribution >= 0.6 is 0 Å². The Morgan fingerprint density at radius 3 is 1.06 bits per heavy atom. The molecule has 0 amide bonds. The van der Waals surface area contributed by atoms with Crippen molar-refractivity contribution in [2.24, 2.45) is 0 Å². The van der Waals surface area contributed by atoms with E-state index in [4.69, 9.17) is 0 Å². The first-order valence-electron chi connectivity index (χ1n) is 15.5. The second kappa shape index (κ2) is 23.1. The summed E-state index contributed by atoms with van der Waals surface area (Å²) in [5.41, 5.74) is 0. The van der Waals surface area contributed by atoms with E-state index in [1.807, 2.05) is 0 Å². The van der Waals surface area contributed by atoms with Crippen molar-refractivity contribution in [3.63, 3.8) is 0 Å². The molecule has 196 valence electrons. The summed E-state index contributed by atoms with van der Waals surface area (Å²) in [6, 6.07) is 0. The Morgan fingerprint density at radius 1 is 0.394 bits per heavy atom. The molecule has 0 aliphatic carbocycles. The van der Waals surface area contributed by atoms with Crippen LogP contribution in [0.2, 0.25) is 0 Å². The predicted molar refractivity (Wildman–Crippen MR) is 150 cm³/mol. The molecule has 0 saturated heterocycles. The third kappa shape index (κ3) is 16.6. The van der Waals surface area contributed by atoms with Crippen LogP contribution in [0.4, 0.5) is 0 Å². The van der Waals surface area contributed by atoms with Gasteiger partial charge in [-0.15, -0.1) is 0 Å². The molecule has 1 atom stereocenters. The average Bonchev–Trinajstić information content (AvgIpc) is 3.21. The smallest absolute Gasteiger partial charge is 0.101 e. The summed E-state index contributed by atoms with van der Waals surface area (Å²) >= 11 is 0. The lowest BCUT2D eigenvalue weighted by Gasteiger charge is -2.33. The first-order valence-corrected chi connectivity index (χ1v) is 15.5. The Hall–Kier alpha value is -0.660. The zero-order valence-corrected chi connectivity index (χ0v) is 23.3. The van der Waals surface area contributed by atoms with Gasteiger partial charge in [-0.25, -0.2) is 0 Å². The summed E-state index contributed by atoms with van der Waals surface area (Å²) < 4.78 is 0. The Labute approximate surface area is 210 Å². The molecule has 1 unspecified atom stereocenters. The van der Waals surface area contributed by atoms with E-state index in [1.54, 1.807) is 0 Å². The van der Waals surface area contributed by atoms with Gasteiger partial charge in [-0.05, 0) is 25.7 Å². The van der Waals surface area contributed by atoms with Crippen LogP contribution in [0.3, 0.4) is 0 Å². The molecule has 0 spiro atoms. The van der Waals surface area contributed by atoms with Crippen LogP contribution in [0.1, 0.15) is 168 Å². The van der Waals surface area contributed by atoms with Gasteiger partial charge in [-0.3, -0.25) is 0 Å². The minimum atomic E-state index is 0.644. The molecule has 1 heterocycles. The van der Waals surface area contributed by atoms with Crippen molar-refractivity contribution < 1.29 is 0 Å². The summed E-state index contributed by atoms with van der Waals surface area (Å²) in [5, 5.41) is 0. The summed E-state index contributed by atoms with van der Waals surface area (Å²) in [4.78, 5) is 5.34. The topological polar surface area (TPSA) is 6.48 Å². The molecule has 0 N–H and O–H groups in total. The van der Waals surface area contributed by atoms with Gasteiger partial charge in [0.25, 0.3) is 0 Å². The lowest BCUT2D eigenvalue weighted by atomic mass is 10.0. The van der Waals surface area contributed by atoms with Gasteiger partial charge in [0.05, 0.1) is 0 Å². The molecule has 1 rings (SSSR count). The van der Waals surface area contributed by atoms with Crippen LogP contribution in [0, 0.1) is 0 Å². The lowest BCUT2D eigenvalue weighted by molar-refractivity contribution is 0.135. The van der Waals surface area contributed by atoms with Gasteiger partial charge in [0, 0.05) is 25.5 Å². The van der Waals surface area contributed by atoms with Gasteiger partial charge in [0.2, 0.25) is 0 Å². The van der Waals surface area contributed by atoms with Crippen molar-refractivity contribution >= 4 is 0 Å². The van der Waals surface area contributed by atoms with Crippen LogP contribution in [0.5, 0.6) is 0 Å². The van der Waals surface area contributed by atoms with Gasteiger partial charge < -0.3 is 9.80 Å². The van der Waals surface area contributed by atoms with Crippen LogP contribution < -0.4 is 0 Å². The maximum atomic E-state index is 2.68. The monoisotopic (exact) mass is 462 g/mol. The molecule has 0 aromatic heterocycles. The van der Waals surface area contributed by atoms with Crippen molar-refractivity contribution in [3.8, 4) is 0 Å². The highest BCUT2D eigenvalue weighted by Crippen LogP contribution is 2.23. The zero-order valence-electron chi connectivity index (χ0n) is 23.3. The normalized spacial score (nSPS) is 15.8. The van der Waals surface area contributed by atoms with Crippen LogP contribution in [0.25, 0.3) is 0 Å². The number of hydrogen-bond donors (Lipinski definition) is 0. The van der Waals surface area contributed by atoms with Crippen molar-refractivity contribution in [1.82, 2.24) is 9.80 Å². The van der Waals surface area contributed by atoms with E-state index in [0.29, 0.717) is 6.17 Å². The molecular weight excluding hydrogens is 400 g/mol. The van der Waals surface area contributed by atoms with Crippen molar-refractivity contribution in [2.75, 3.05) is 13.1 Å². The van der Waals surface area contributed by atoms with E-state index in [-0.39, 0.29) is 0 Å². The largest absolute Gasteiger partial charge is 0.356 e. The average molecular weight is 463 g/mol. The Morgan fingerprint density at radius 2 is 0.697 bits per heavy atom. The number of hydrogen-bond acceptors (Lipinski definition) is 2. The Bertz CT molecular complexity index is 419. The fourth-order valence-corrected chi connectivity index (χ4v) is 5.30.